The summed E-state index contributed by atoms with van der Waals surface area (Å²) in [6, 6.07) is 7.15. The molecule has 0 spiro atoms. The molecule has 2 unspecified atom stereocenters. The molecule has 0 radical (unpaired) electrons. The van der Waals surface area contributed by atoms with Crippen LogP contribution in [0.25, 0.3) is 0 Å². The number of rotatable bonds is 3. The van der Waals surface area contributed by atoms with Crippen molar-refractivity contribution in [1.82, 2.24) is 5.32 Å². The van der Waals surface area contributed by atoms with Gasteiger partial charge in [-0.05, 0) is 25.0 Å². The summed E-state index contributed by atoms with van der Waals surface area (Å²) in [5.41, 5.74) is 1.84. The Bertz CT molecular complexity index is 554. The SMILES string of the molecule is Cc1ccccc1N(C)C(=O)NC1C=CC(C(=O)O)C1. The molecule has 5 heteroatoms. The number of anilines is 1. The monoisotopic (exact) mass is 274 g/mol. The van der Waals surface area contributed by atoms with Crippen LogP contribution in [0.2, 0.25) is 0 Å². The molecule has 5 nitrogen and oxygen atoms in total. The summed E-state index contributed by atoms with van der Waals surface area (Å²) in [6.07, 6.45) is 3.77. The van der Waals surface area contributed by atoms with Gasteiger partial charge in [-0.3, -0.25) is 9.69 Å². The van der Waals surface area contributed by atoms with Crippen LogP contribution in [-0.4, -0.2) is 30.2 Å². The van der Waals surface area contributed by atoms with E-state index in [0.717, 1.165) is 11.3 Å². The molecule has 0 saturated carbocycles. The number of nitrogens with zero attached hydrogens (tertiary/aromatic N) is 1. The van der Waals surface area contributed by atoms with E-state index >= 15 is 0 Å². The molecular weight excluding hydrogens is 256 g/mol. The third-order valence-electron chi connectivity index (χ3n) is 3.49. The van der Waals surface area contributed by atoms with Gasteiger partial charge in [0.05, 0.1) is 12.0 Å². The number of benzene rings is 1. The number of carboxylic acid groups (broad SMARTS) is 1. The quantitative estimate of drug-likeness (QED) is 0.830. The second kappa shape index (κ2) is 5.77. The van der Waals surface area contributed by atoms with Crippen LogP contribution in [0.4, 0.5) is 10.5 Å². The van der Waals surface area contributed by atoms with Gasteiger partial charge < -0.3 is 10.4 Å². The number of para-hydroxylation sites is 1. The first kappa shape index (κ1) is 14.1. The van der Waals surface area contributed by atoms with Gasteiger partial charge >= 0.3 is 12.0 Å². The van der Waals surface area contributed by atoms with Crippen molar-refractivity contribution in [2.45, 2.75) is 19.4 Å². The van der Waals surface area contributed by atoms with Crippen LogP contribution in [0.15, 0.2) is 36.4 Å². The molecule has 0 heterocycles. The highest BCUT2D eigenvalue weighted by molar-refractivity contribution is 5.92. The maximum absolute atomic E-state index is 12.2. The maximum Gasteiger partial charge on any atom is 0.322 e. The summed E-state index contributed by atoms with van der Waals surface area (Å²) in [5, 5.41) is 11.7. The van der Waals surface area contributed by atoms with E-state index in [4.69, 9.17) is 5.11 Å². The van der Waals surface area contributed by atoms with E-state index in [1.165, 1.54) is 4.90 Å². The lowest BCUT2D eigenvalue weighted by Gasteiger charge is -2.22. The first-order chi connectivity index (χ1) is 9.49. The number of carbonyl (C=O) groups excluding carboxylic acids is 1. The molecule has 2 N–H and O–H groups in total. The molecule has 106 valence electrons. The van der Waals surface area contributed by atoms with Gasteiger partial charge in [0.25, 0.3) is 0 Å². The Morgan fingerprint density at radius 1 is 1.30 bits per heavy atom. The average Bonchev–Trinajstić information content (AvgIpc) is 2.87. The number of amides is 2. The summed E-state index contributed by atoms with van der Waals surface area (Å²) >= 11 is 0. The molecule has 1 aliphatic carbocycles. The summed E-state index contributed by atoms with van der Waals surface area (Å²) in [4.78, 5) is 24.6. The molecule has 0 fully saturated rings. The van der Waals surface area contributed by atoms with Gasteiger partial charge in [-0.25, -0.2) is 4.79 Å². The number of aryl methyl sites for hydroxylation is 1. The van der Waals surface area contributed by atoms with Gasteiger partial charge in [0.2, 0.25) is 0 Å². The molecular formula is C15H18N2O3. The van der Waals surface area contributed by atoms with E-state index in [1.807, 2.05) is 31.2 Å². The number of aliphatic carboxylic acids is 1. The Hall–Kier alpha value is -2.30. The minimum Gasteiger partial charge on any atom is -0.481 e. The molecule has 0 aliphatic heterocycles. The second-order valence-corrected chi connectivity index (χ2v) is 4.97. The predicted molar refractivity (Wildman–Crippen MR) is 76.8 cm³/mol. The van der Waals surface area contributed by atoms with Gasteiger partial charge in [0, 0.05) is 12.7 Å². The average molecular weight is 274 g/mol. The molecule has 1 aromatic rings. The highest BCUT2D eigenvalue weighted by Crippen LogP contribution is 2.20. The fraction of sp³-hybridized carbons (Fsp3) is 0.333. The number of nitrogens with one attached hydrogen (secondary N) is 1. The van der Waals surface area contributed by atoms with Crippen LogP contribution < -0.4 is 10.2 Å². The third-order valence-corrected chi connectivity index (χ3v) is 3.49. The van der Waals surface area contributed by atoms with Crippen molar-refractivity contribution in [2.75, 3.05) is 11.9 Å². The molecule has 0 saturated heterocycles. The van der Waals surface area contributed by atoms with E-state index < -0.39 is 11.9 Å². The lowest BCUT2D eigenvalue weighted by atomic mass is 10.1. The Morgan fingerprint density at radius 3 is 2.60 bits per heavy atom. The normalized spacial score (nSPS) is 20.7. The van der Waals surface area contributed by atoms with E-state index in [2.05, 4.69) is 5.32 Å². The van der Waals surface area contributed by atoms with Gasteiger partial charge in [-0.15, -0.1) is 0 Å². The largest absolute Gasteiger partial charge is 0.481 e. The first-order valence-corrected chi connectivity index (χ1v) is 6.50. The van der Waals surface area contributed by atoms with Crippen molar-refractivity contribution in [3.8, 4) is 0 Å². The van der Waals surface area contributed by atoms with Gasteiger partial charge in [-0.2, -0.15) is 0 Å². The summed E-state index contributed by atoms with van der Waals surface area (Å²) in [7, 11) is 1.70. The van der Waals surface area contributed by atoms with E-state index in [-0.39, 0.29) is 12.1 Å². The summed E-state index contributed by atoms with van der Waals surface area (Å²) in [6.45, 7) is 1.94. The van der Waals surface area contributed by atoms with Crippen LogP contribution in [0.5, 0.6) is 0 Å². The summed E-state index contributed by atoms with van der Waals surface area (Å²) < 4.78 is 0. The number of carbonyl (C=O) groups is 2. The zero-order valence-electron chi connectivity index (χ0n) is 11.5. The summed E-state index contributed by atoms with van der Waals surface area (Å²) in [5.74, 6) is -1.37. The second-order valence-electron chi connectivity index (χ2n) is 4.97. The molecule has 2 atom stereocenters. The van der Waals surface area contributed by atoms with Crippen LogP contribution in [0.1, 0.15) is 12.0 Å². The van der Waals surface area contributed by atoms with Gasteiger partial charge in [0.1, 0.15) is 0 Å². The maximum atomic E-state index is 12.2. The Morgan fingerprint density at radius 2 is 2.00 bits per heavy atom. The molecule has 0 bridgehead atoms. The first-order valence-electron chi connectivity index (χ1n) is 6.50. The highest BCUT2D eigenvalue weighted by atomic mass is 16.4. The van der Waals surface area contributed by atoms with Crippen molar-refractivity contribution in [3.63, 3.8) is 0 Å². The molecule has 0 aromatic heterocycles. The van der Waals surface area contributed by atoms with E-state index in [1.54, 1.807) is 19.2 Å². The lowest BCUT2D eigenvalue weighted by Crippen LogP contribution is -2.42. The number of carboxylic acids is 1. The molecule has 2 rings (SSSR count). The smallest absolute Gasteiger partial charge is 0.322 e. The standard InChI is InChI=1S/C15H18N2O3/c1-10-5-3-4-6-13(10)17(2)15(20)16-12-8-7-11(9-12)14(18)19/h3-8,11-12H,9H2,1-2H3,(H,16,20)(H,18,19). The fourth-order valence-electron chi connectivity index (χ4n) is 2.29. The van der Waals surface area contributed by atoms with Crippen molar-refractivity contribution in [2.24, 2.45) is 5.92 Å². The Kier molecular flexibility index (Phi) is 4.08. The fourth-order valence-corrected chi connectivity index (χ4v) is 2.29. The van der Waals surface area contributed by atoms with Gasteiger partial charge in [0.15, 0.2) is 0 Å². The molecule has 1 aromatic carbocycles. The lowest BCUT2D eigenvalue weighted by molar-refractivity contribution is -0.140. The van der Waals surface area contributed by atoms with Crippen LogP contribution >= 0.6 is 0 Å². The van der Waals surface area contributed by atoms with E-state index in [0.29, 0.717) is 6.42 Å². The third kappa shape index (κ3) is 2.99. The molecule has 1 aliphatic rings. The van der Waals surface area contributed by atoms with Crippen LogP contribution in [0, 0.1) is 12.8 Å². The number of urea groups is 1. The van der Waals surface area contributed by atoms with Gasteiger partial charge in [-0.1, -0.05) is 30.4 Å². The molecule has 2 amide bonds. The highest BCUT2D eigenvalue weighted by Gasteiger charge is 2.26. The molecule has 20 heavy (non-hydrogen) atoms. The van der Waals surface area contributed by atoms with Crippen molar-refractivity contribution < 1.29 is 14.7 Å². The number of hydrogen-bond donors (Lipinski definition) is 2. The van der Waals surface area contributed by atoms with E-state index in [9.17, 15) is 9.59 Å². The van der Waals surface area contributed by atoms with Crippen LogP contribution in [-0.2, 0) is 4.79 Å². The van der Waals surface area contributed by atoms with Crippen molar-refractivity contribution in [1.29, 1.82) is 0 Å². The minimum absolute atomic E-state index is 0.227. The zero-order chi connectivity index (χ0) is 14.7. The predicted octanol–water partition coefficient (Wildman–Crippen LogP) is 2.17. The number of hydrogen-bond acceptors (Lipinski definition) is 2. The minimum atomic E-state index is -0.856. The zero-order valence-corrected chi connectivity index (χ0v) is 11.5. The topological polar surface area (TPSA) is 69.6 Å². The van der Waals surface area contributed by atoms with Crippen molar-refractivity contribution >= 4 is 17.7 Å². The Balaban J connectivity index is 1.98. The Labute approximate surface area is 117 Å². The van der Waals surface area contributed by atoms with Crippen LogP contribution in [0.3, 0.4) is 0 Å². The van der Waals surface area contributed by atoms with Crippen molar-refractivity contribution in [3.05, 3.63) is 42.0 Å².